The maximum atomic E-state index is 12.7. The van der Waals surface area contributed by atoms with Crippen molar-refractivity contribution in [3.05, 3.63) is 29.8 Å². The lowest BCUT2D eigenvalue weighted by Gasteiger charge is -2.30. The molecule has 1 amide bonds. The topological polar surface area (TPSA) is 88.1 Å². The first kappa shape index (κ1) is 16.5. The van der Waals surface area contributed by atoms with Crippen LogP contribution in [0.25, 0.3) is 0 Å². The summed E-state index contributed by atoms with van der Waals surface area (Å²) in [7, 11) is 5.83. The average molecular weight is 332 g/mol. The first-order valence-corrected chi connectivity index (χ1v) is 8.14. The summed E-state index contributed by atoms with van der Waals surface area (Å²) in [5.74, 6) is 0.669. The number of aromatic amines is 1. The smallest absolute Gasteiger partial charge is 0.226 e. The molecule has 1 saturated heterocycles. The Morgan fingerprint density at radius 3 is 3.00 bits per heavy atom. The molecule has 2 aromatic heterocycles. The molecule has 0 spiro atoms. The average Bonchev–Trinajstić information content (AvgIpc) is 3.22. The molecule has 24 heavy (non-hydrogen) atoms. The van der Waals surface area contributed by atoms with Crippen LogP contribution in [-0.2, 0) is 23.1 Å². The molecule has 1 aliphatic heterocycles. The minimum atomic E-state index is -0.235. The Kier molecular flexibility index (Phi) is 4.84. The van der Waals surface area contributed by atoms with E-state index in [1.54, 1.807) is 18.6 Å². The number of nitrogens with one attached hydrogen (secondary N) is 2. The van der Waals surface area contributed by atoms with Crippen LogP contribution in [0.4, 0.5) is 5.95 Å². The normalized spacial score (nSPS) is 20.8. The third-order valence-electron chi connectivity index (χ3n) is 4.41. The largest absolute Gasteiger partial charge is 0.373 e. The van der Waals surface area contributed by atoms with Gasteiger partial charge >= 0.3 is 0 Å². The van der Waals surface area contributed by atoms with Gasteiger partial charge in [0, 0.05) is 39.5 Å². The number of H-pyrrole nitrogens is 1. The van der Waals surface area contributed by atoms with E-state index in [-0.39, 0.29) is 17.9 Å². The van der Waals surface area contributed by atoms with E-state index >= 15 is 0 Å². The van der Waals surface area contributed by atoms with Crippen molar-refractivity contribution in [1.82, 2.24) is 25.1 Å². The molecule has 8 heteroatoms. The van der Waals surface area contributed by atoms with Crippen molar-refractivity contribution < 1.29 is 9.53 Å². The van der Waals surface area contributed by atoms with Gasteiger partial charge in [-0.3, -0.25) is 9.89 Å². The van der Waals surface area contributed by atoms with Gasteiger partial charge in [0.25, 0.3) is 0 Å². The van der Waals surface area contributed by atoms with Gasteiger partial charge in [-0.15, -0.1) is 0 Å². The quantitative estimate of drug-likeness (QED) is 0.852. The van der Waals surface area contributed by atoms with Gasteiger partial charge in [0.05, 0.1) is 36.7 Å². The molecule has 0 unspecified atom stereocenters. The van der Waals surface area contributed by atoms with E-state index in [9.17, 15) is 4.79 Å². The Balaban J connectivity index is 1.65. The number of carbonyl (C=O) groups is 1. The van der Waals surface area contributed by atoms with Gasteiger partial charge in [-0.25, -0.2) is 4.98 Å². The van der Waals surface area contributed by atoms with Crippen molar-refractivity contribution in [3.63, 3.8) is 0 Å². The summed E-state index contributed by atoms with van der Waals surface area (Å²) in [5, 5.41) is 9.77. The summed E-state index contributed by atoms with van der Waals surface area (Å²) in [6.07, 6.45) is 6.78. The standard InChI is InChI=1S/C16H24N6O2/c1-21(2)16-18-10-12(22(16)3)9-17-15(23)13-5-4-6-24-14(13)11-7-19-20-8-11/h7-8,10,13-14H,4-6,9H2,1-3H3,(H,17,23)(H,19,20)/t13-,14+/m1/s1. The first-order chi connectivity index (χ1) is 11.6. The number of hydrogen-bond acceptors (Lipinski definition) is 5. The number of rotatable bonds is 5. The zero-order valence-corrected chi connectivity index (χ0v) is 14.3. The maximum absolute atomic E-state index is 12.7. The number of amides is 1. The van der Waals surface area contributed by atoms with Crippen LogP contribution in [0.5, 0.6) is 0 Å². The van der Waals surface area contributed by atoms with Gasteiger partial charge < -0.3 is 19.5 Å². The zero-order chi connectivity index (χ0) is 17.1. The number of anilines is 1. The summed E-state index contributed by atoms with van der Waals surface area (Å²) in [5.41, 5.74) is 1.88. The van der Waals surface area contributed by atoms with Gasteiger partial charge in [0.15, 0.2) is 0 Å². The minimum absolute atomic E-state index is 0.00787. The molecule has 2 N–H and O–H groups in total. The van der Waals surface area contributed by atoms with Crippen LogP contribution >= 0.6 is 0 Å². The van der Waals surface area contributed by atoms with E-state index < -0.39 is 0 Å². The monoisotopic (exact) mass is 332 g/mol. The number of nitrogens with zero attached hydrogens (tertiary/aromatic N) is 4. The van der Waals surface area contributed by atoms with E-state index in [0.717, 1.165) is 30.0 Å². The van der Waals surface area contributed by atoms with Crippen LogP contribution in [0, 0.1) is 5.92 Å². The number of aromatic nitrogens is 4. The minimum Gasteiger partial charge on any atom is -0.373 e. The van der Waals surface area contributed by atoms with E-state index in [2.05, 4.69) is 20.5 Å². The van der Waals surface area contributed by atoms with E-state index in [0.29, 0.717) is 13.2 Å². The van der Waals surface area contributed by atoms with Gasteiger partial charge in [-0.2, -0.15) is 5.10 Å². The second kappa shape index (κ2) is 7.04. The highest BCUT2D eigenvalue weighted by Gasteiger charge is 2.33. The zero-order valence-electron chi connectivity index (χ0n) is 14.3. The van der Waals surface area contributed by atoms with Gasteiger partial charge in [-0.1, -0.05) is 0 Å². The van der Waals surface area contributed by atoms with Crippen LogP contribution in [0.2, 0.25) is 0 Å². The number of carbonyl (C=O) groups excluding carboxylic acids is 1. The Morgan fingerprint density at radius 2 is 2.33 bits per heavy atom. The van der Waals surface area contributed by atoms with Crippen LogP contribution in [-0.4, -0.2) is 46.4 Å². The Hall–Kier alpha value is -2.35. The first-order valence-electron chi connectivity index (χ1n) is 8.14. The Morgan fingerprint density at radius 1 is 1.50 bits per heavy atom. The van der Waals surface area contributed by atoms with Gasteiger partial charge in [0.1, 0.15) is 0 Å². The van der Waals surface area contributed by atoms with E-state index in [4.69, 9.17) is 4.74 Å². The predicted molar refractivity (Wildman–Crippen MR) is 89.4 cm³/mol. The van der Waals surface area contributed by atoms with Crippen molar-refractivity contribution >= 4 is 11.9 Å². The van der Waals surface area contributed by atoms with Crippen LogP contribution in [0.1, 0.15) is 30.2 Å². The van der Waals surface area contributed by atoms with Crippen molar-refractivity contribution in [3.8, 4) is 0 Å². The third-order valence-corrected chi connectivity index (χ3v) is 4.41. The highest BCUT2D eigenvalue weighted by molar-refractivity contribution is 5.79. The summed E-state index contributed by atoms with van der Waals surface area (Å²) >= 11 is 0. The molecular formula is C16H24N6O2. The molecule has 0 radical (unpaired) electrons. The fourth-order valence-electron chi connectivity index (χ4n) is 3.12. The summed E-state index contributed by atoms with van der Waals surface area (Å²) in [6, 6.07) is 0. The maximum Gasteiger partial charge on any atom is 0.226 e. The predicted octanol–water partition coefficient (Wildman–Crippen LogP) is 0.993. The SMILES string of the molecule is CN(C)c1ncc(CNC(=O)[C@@H]2CCCO[C@H]2c2cn[nH]c2)n1C. The second-order valence-corrected chi connectivity index (χ2v) is 6.29. The molecule has 3 heterocycles. The summed E-state index contributed by atoms with van der Waals surface area (Å²) in [4.78, 5) is 19.0. The molecule has 3 rings (SSSR count). The molecule has 8 nitrogen and oxygen atoms in total. The van der Waals surface area contributed by atoms with E-state index in [1.807, 2.05) is 30.6 Å². The summed E-state index contributed by atoms with van der Waals surface area (Å²) < 4.78 is 7.80. The van der Waals surface area contributed by atoms with Crippen LogP contribution in [0.15, 0.2) is 18.6 Å². The Bertz CT molecular complexity index is 679. The fourth-order valence-corrected chi connectivity index (χ4v) is 3.12. The molecule has 1 fully saturated rings. The van der Waals surface area contributed by atoms with Gasteiger partial charge in [0.2, 0.25) is 11.9 Å². The number of imidazole rings is 1. The lowest BCUT2D eigenvalue weighted by molar-refractivity contribution is -0.134. The molecule has 2 atom stereocenters. The molecule has 1 aliphatic rings. The highest BCUT2D eigenvalue weighted by atomic mass is 16.5. The fraction of sp³-hybridized carbons (Fsp3) is 0.562. The number of ether oxygens (including phenoxy) is 1. The molecule has 0 aliphatic carbocycles. The van der Waals surface area contributed by atoms with Crippen molar-refractivity contribution in [2.24, 2.45) is 13.0 Å². The Labute approximate surface area is 141 Å². The van der Waals surface area contributed by atoms with Crippen LogP contribution in [0.3, 0.4) is 0 Å². The lowest BCUT2D eigenvalue weighted by Crippen LogP contribution is -2.37. The molecule has 0 aromatic carbocycles. The molecule has 0 bridgehead atoms. The van der Waals surface area contributed by atoms with Crippen molar-refractivity contribution in [2.75, 3.05) is 25.6 Å². The van der Waals surface area contributed by atoms with Crippen LogP contribution < -0.4 is 10.2 Å². The van der Waals surface area contributed by atoms with Gasteiger partial charge in [-0.05, 0) is 12.8 Å². The van der Waals surface area contributed by atoms with Crippen molar-refractivity contribution in [1.29, 1.82) is 0 Å². The molecule has 130 valence electrons. The van der Waals surface area contributed by atoms with Crippen molar-refractivity contribution in [2.45, 2.75) is 25.5 Å². The summed E-state index contributed by atoms with van der Waals surface area (Å²) in [6.45, 7) is 1.12. The molecular weight excluding hydrogens is 308 g/mol. The third kappa shape index (κ3) is 3.28. The lowest BCUT2D eigenvalue weighted by atomic mass is 9.90. The molecule has 0 saturated carbocycles. The highest BCUT2D eigenvalue weighted by Crippen LogP contribution is 2.33. The van der Waals surface area contributed by atoms with E-state index in [1.165, 1.54) is 0 Å². The molecule has 2 aromatic rings. The number of hydrogen-bond donors (Lipinski definition) is 2. The second-order valence-electron chi connectivity index (χ2n) is 6.29.